The number of hydrogen-bond acceptors (Lipinski definition) is 16. The molecular weight excluding hydrogens is 869 g/mol. The van der Waals surface area contributed by atoms with Crippen molar-refractivity contribution in [2.45, 2.75) is 50.5 Å². The Bertz CT molecular complexity index is 3110. The molecule has 2 aliphatic heterocycles. The van der Waals surface area contributed by atoms with Crippen LogP contribution in [0.4, 0.5) is 17.1 Å². The first-order valence-corrected chi connectivity index (χ1v) is 22.4. The average molecular weight is 909 g/mol. The highest BCUT2D eigenvalue weighted by atomic mass is 32.2. The zero-order valence-corrected chi connectivity index (χ0v) is 36.6. The summed E-state index contributed by atoms with van der Waals surface area (Å²) in [6.45, 7) is 12.1. The van der Waals surface area contributed by atoms with E-state index >= 15 is 0 Å². The van der Waals surface area contributed by atoms with Crippen LogP contribution in [0.3, 0.4) is 0 Å². The molecule has 0 aromatic heterocycles. The van der Waals surface area contributed by atoms with Gasteiger partial charge < -0.3 is 33.5 Å². The molecule has 2 heterocycles. The summed E-state index contributed by atoms with van der Waals surface area (Å²) in [5.74, 6) is -2.33. The van der Waals surface area contributed by atoms with E-state index in [9.17, 15) is 45.4 Å². The van der Waals surface area contributed by atoms with Gasteiger partial charge in [-0.2, -0.15) is 20.3 Å². The monoisotopic (exact) mass is 908 g/mol. The van der Waals surface area contributed by atoms with E-state index in [-0.39, 0.29) is 17.3 Å². The molecule has 0 saturated carbocycles. The molecule has 1 atom stereocenters. The number of aryl methyl sites for hydroxylation is 2. The molecule has 20 heteroatoms. The second-order valence-electron chi connectivity index (χ2n) is 14.1. The molecule has 64 heavy (non-hydrogen) atoms. The van der Waals surface area contributed by atoms with Gasteiger partial charge >= 0.3 is 5.97 Å². The van der Waals surface area contributed by atoms with Gasteiger partial charge in [-0.05, 0) is 112 Å². The number of azo groups is 1. The second kappa shape index (κ2) is 19.1. The van der Waals surface area contributed by atoms with Crippen LogP contribution in [0.25, 0.3) is 33.4 Å². The highest BCUT2D eigenvalue weighted by Gasteiger charge is 2.38. The van der Waals surface area contributed by atoms with E-state index < -0.39 is 53.7 Å². The van der Waals surface area contributed by atoms with Crippen LogP contribution in [0.15, 0.2) is 127 Å². The number of nitrogens with zero attached hydrogens (tertiary/aromatic N) is 4. The fourth-order valence-corrected chi connectivity index (χ4v) is 7.72. The molecule has 0 radical (unpaired) electrons. The number of carboxylic acids is 1. The summed E-state index contributed by atoms with van der Waals surface area (Å²) in [5, 5.41) is 28.3. The van der Waals surface area contributed by atoms with Crippen molar-refractivity contribution in [2.75, 3.05) is 30.0 Å². The van der Waals surface area contributed by atoms with Crippen molar-refractivity contribution in [3.63, 3.8) is 0 Å². The number of esters is 1. The standard InChI is InChI=1S/C28H30N2O3.C16H12N4O9S2/c1-6-29-23-15-25-21(13-17(23)4)27(19-11-9-10-12-20(19)28(31)32-8-3)22-14-18(5)24(30-7-2)16-26(22)33-25;21-15-13(18-17-9-1-5-11(6-2-9)30(24,25)26)14(16(22)23)19-20(15)10-3-7-12(8-4-10)31(27,28)29/h9-16,29H,6-8H2,1-5H3;1-8,13H,(H,22,23)(H,24,25,26)(H,27,28,29)/p-2. The van der Waals surface area contributed by atoms with E-state index in [0.29, 0.717) is 17.2 Å². The molecular formula is C44H40N6O12S2-2. The molecule has 2 N–H and O–H groups in total. The normalized spacial score (nSPS) is 14.5. The molecule has 1 unspecified atom stereocenters. The average Bonchev–Trinajstić information content (AvgIpc) is 3.59. The quantitative estimate of drug-likeness (QED) is 0.0771. The molecule has 4 aromatic carbocycles. The number of fused-ring (bicyclic) bond motifs is 2. The highest BCUT2D eigenvalue weighted by molar-refractivity contribution is 7.86. The third-order valence-electron chi connectivity index (χ3n) is 9.74. The number of ether oxygens (including phenoxy) is 1. The SMILES string of the molecule is CCNc1cc2oc3cc(=[NH+]CC)c(C)cc-3c(-c3ccccc3C(=O)OCC)c2cc1C.O=C([O-])C1=NN(c2ccc(S(=O)(=O)[O-])cc2)C(=O)C1N=Nc1ccc(S(=O)(=O)[O-])cc1. The third-order valence-corrected chi connectivity index (χ3v) is 11.4. The molecule has 0 saturated heterocycles. The fourth-order valence-electron chi connectivity index (χ4n) is 6.78. The van der Waals surface area contributed by atoms with Crippen molar-refractivity contribution in [3.05, 3.63) is 119 Å². The Morgan fingerprint density at radius 1 is 0.859 bits per heavy atom. The van der Waals surface area contributed by atoms with Gasteiger partial charge in [-0.1, -0.05) is 18.2 Å². The van der Waals surface area contributed by atoms with Gasteiger partial charge in [-0.25, -0.2) is 26.6 Å². The largest absolute Gasteiger partial charge is 0.744 e. The second-order valence-corrected chi connectivity index (χ2v) is 16.8. The topological polar surface area (TPSA) is 277 Å². The first kappa shape index (κ1) is 46.4. The maximum Gasteiger partial charge on any atom is 0.338 e. The maximum absolute atomic E-state index is 12.9. The van der Waals surface area contributed by atoms with Gasteiger partial charge in [0, 0.05) is 40.4 Å². The zero-order valence-electron chi connectivity index (χ0n) is 34.9. The van der Waals surface area contributed by atoms with Crippen molar-refractivity contribution in [1.82, 2.24) is 0 Å². The summed E-state index contributed by atoms with van der Waals surface area (Å²) in [4.78, 5) is 39.1. The van der Waals surface area contributed by atoms with Crippen LogP contribution in [0.5, 0.6) is 0 Å². The van der Waals surface area contributed by atoms with Gasteiger partial charge in [0.15, 0.2) is 6.04 Å². The summed E-state index contributed by atoms with van der Waals surface area (Å²) >= 11 is 0. The van der Waals surface area contributed by atoms with Crippen molar-refractivity contribution in [1.29, 1.82) is 0 Å². The molecule has 4 aromatic rings. The highest BCUT2D eigenvalue weighted by Crippen LogP contribution is 2.43. The summed E-state index contributed by atoms with van der Waals surface area (Å²) in [6, 6.07) is 22.4. The van der Waals surface area contributed by atoms with Crippen LogP contribution in [0.2, 0.25) is 0 Å². The first-order chi connectivity index (χ1) is 30.4. The van der Waals surface area contributed by atoms with Gasteiger partial charge in [-0.15, -0.1) is 0 Å². The summed E-state index contributed by atoms with van der Waals surface area (Å²) in [5.41, 5.74) is 6.57. The molecule has 0 bridgehead atoms. The number of hydrogen-bond donors (Lipinski definition) is 2. The predicted molar refractivity (Wildman–Crippen MR) is 230 cm³/mol. The smallest absolute Gasteiger partial charge is 0.338 e. The third kappa shape index (κ3) is 10.1. The number of amides is 1. The summed E-state index contributed by atoms with van der Waals surface area (Å²) < 4.78 is 77.6. The lowest BCUT2D eigenvalue weighted by Gasteiger charge is -2.19. The molecule has 18 nitrogen and oxygen atoms in total. The van der Waals surface area contributed by atoms with Crippen LogP contribution >= 0.6 is 0 Å². The lowest BCUT2D eigenvalue weighted by atomic mass is 9.89. The number of carbonyl (C=O) groups excluding carboxylic acids is 3. The molecule has 1 aliphatic carbocycles. The van der Waals surface area contributed by atoms with Crippen molar-refractivity contribution in [2.24, 2.45) is 15.3 Å². The molecule has 332 valence electrons. The van der Waals surface area contributed by atoms with E-state index in [1.54, 1.807) is 0 Å². The number of aliphatic carboxylic acids is 1. The molecule has 0 spiro atoms. The van der Waals surface area contributed by atoms with Crippen LogP contribution in [0.1, 0.15) is 42.3 Å². The van der Waals surface area contributed by atoms with Crippen molar-refractivity contribution in [3.8, 4) is 22.5 Å². The molecule has 7 rings (SSSR count). The number of anilines is 2. The number of rotatable bonds is 12. The van der Waals surface area contributed by atoms with Crippen LogP contribution in [-0.2, 0) is 34.6 Å². The predicted octanol–water partition coefficient (Wildman–Crippen LogP) is 3.53. The van der Waals surface area contributed by atoms with Gasteiger partial charge in [0.05, 0.1) is 45.4 Å². The van der Waals surface area contributed by atoms with Crippen molar-refractivity contribution < 1.29 is 59.6 Å². The van der Waals surface area contributed by atoms with Crippen LogP contribution in [0, 0.1) is 13.8 Å². The number of hydrazone groups is 1. The number of benzene rings is 5. The van der Waals surface area contributed by atoms with E-state index in [2.05, 4.69) is 77.6 Å². The maximum atomic E-state index is 12.9. The number of nitrogens with one attached hydrogen (secondary N) is 2. The van der Waals surface area contributed by atoms with Gasteiger partial charge in [-0.3, -0.25) is 4.79 Å². The Labute approximate surface area is 367 Å². The van der Waals surface area contributed by atoms with Crippen molar-refractivity contribution >= 4 is 71.8 Å². The molecule has 3 aliphatic rings. The lowest BCUT2D eigenvalue weighted by molar-refractivity contribution is -0.496. The lowest BCUT2D eigenvalue weighted by Crippen LogP contribution is -2.76. The first-order valence-electron chi connectivity index (χ1n) is 19.6. The van der Waals surface area contributed by atoms with E-state index in [1.807, 2.05) is 31.2 Å². The fraction of sp³-hybridized carbons (Fsp3) is 0.205. The molecule has 0 fully saturated rings. The minimum Gasteiger partial charge on any atom is -0.744 e. The van der Waals surface area contributed by atoms with Crippen LogP contribution in [-0.4, -0.2) is 75.2 Å². The van der Waals surface area contributed by atoms with Gasteiger partial charge in [0.1, 0.15) is 43.8 Å². The Kier molecular flexibility index (Phi) is 13.8. The summed E-state index contributed by atoms with van der Waals surface area (Å²) in [6.07, 6.45) is 0. The number of carbonyl (C=O) groups is 3. The molecule has 1 amide bonds. The minimum absolute atomic E-state index is 0.0151. The van der Waals surface area contributed by atoms with Gasteiger partial charge in [0.25, 0.3) is 5.91 Å². The van der Waals surface area contributed by atoms with E-state index in [0.717, 1.165) is 117 Å². The number of carboxylic acid groups (broad SMARTS) is 1. The minimum atomic E-state index is -4.73. The Hall–Kier alpha value is -7.13. The zero-order chi connectivity index (χ0) is 46.5. The van der Waals surface area contributed by atoms with Gasteiger partial charge in [0.2, 0.25) is 5.36 Å². The Balaban J connectivity index is 0.000000213. The Morgan fingerprint density at radius 3 is 2.09 bits per heavy atom. The van der Waals surface area contributed by atoms with E-state index in [1.165, 1.54) is 0 Å². The van der Waals surface area contributed by atoms with Crippen LogP contribution < -0.4 is 25.8 Å². The van der Waals surface area contributed by atoms with E-state index in [4.69, 9.17) is 9.15 Å². The summed E-state index contributed by atoms with van der Waals surface area (Å²) in [7, 11) is -9.40. The Morgan fingerprint density at radius 2 is 1.50 bits per heavy atom.